The summed E-state index contributed by atoms with van der Waals surface area (Å²) < 4.78 is 5.11. The van der Waals surface area contributed by atoms with Gasteiger partial charge < -0.3 is 15.8 Å². The summed E-state index contributed by atoms with van der Waals surface area (Å²) in [5, 5.41) is 3.36. The van der Waals surface area contributed by atoms with Crippen LogP contribution in [-0.4, -0.2) is 30.2 Å². The average Bonchev–Trinajstić information content (AvgIpc) is 2.34. The van der Waals surface area contributed by atoms with Gasteiger partial charge in [-0.15, -0.1) is 0 Å². The van der Waals surface area contributed by atoms with E-state index in [0.29, 0.717) is 10.7 Å². The van der Waals surface area contributed by atoms with Crippen molar-refractivity contribution in [2.24, 2.45) is 11.1 Å². The van der Waals surface area contributed by atoms with Gasteiger partial charge in [0.2, 0.25) is 0 Å². The molecule has 0 saturated heterocycles. The van der Waals surface area contributed by atoms with Crippen molar-refractivity contribution in [3.05, 3.63) is 24.0 Å². The van der Waals surface area contributed by atoms with Gasteiger partial charge in [-0.3, -0.25) is 4.98 Å². The lowest BCUT2D eigenvalue weighted by Gasteiger charge is -2.25. The normalized spacial score (nSPS) is 11.3. The summed E-state index contributed by atoms with van der Waals surface area (Å²) in [5.74, 6) is 0. The summed E-state index contributed by atoms with van der Waals surface area (Å²) in [6.45, 7) is 5.95. The minimum absolute atomic E-state index is 0.138. The molecular formula is C13H21N3OS. The Kier molecular flexibility index (Phi) is 5.50. The van der Waals surface area contributed by atoms with Crippen LogP contribution in [0, 0.1) is 5.41 Å². The Morgan fingerprint density at radius 3 is 2.89 bits per heavy atom. The zero-order chi connectivity index (χ0) is 13.6. The van der Waals surface area contributed by atoms with Crippen LogP contribution in [0.4, 0.5) is 5.69 Å². The van der Waals surface area contributed by atoms with Gasteiger partial charge in [-0.05, 0) is 24.0 Å². The molecule has 0 bridgehead atoms. The molecule has 1 aromatic heterocycles. The number of nitrogens with one attached hydrogen (secondary N) is 1. The first kappa shape index (κ1) is 14.9. The van der Waals surface area contributed by atoms with Crippen LogP contribution < -0.4 is 11.1 Å². The summed E-state index contributed by atoms with van der Waals surface area (Å²) in [4.78, 5) is 4.50. The van der Waals surface area contributed by atoms with Crippen LogP contribution in [0.1, 0.15) is 26.0 Å². The van der Waals surface area contributed by atoms with Crippen molar-refractivity contribution in [3.63, 3.8) is 0 Å². The monoisotopic (exact) mass is 267 g/mol. The van der Waals surface area contributed by atoms with E-state index in [9.17, 15) is 0 Å². The predicted octanol–water partition coefficient (Wildman–Crippen LogP) is 2.19. The van der Waals surface area contributed by atoms with Gasteiger partial charge in [0.05, 0.1) is 5.69 Å². The second-order valence-corrected chi connectivity index (χ2v) is 5.46. The van der Waals surface area contributed by atoms with Crippen molar-refractivity contribution in [3.8, 4) is 0 Å². The standard InChI is InChI=1S/C13H21N3OS/c1-13(2,6-8-17-3)9-16-10-5-4-7-15-11(10)12(14)18/h4-5,7,16H,6,8-9H2,1-3H3,(H2,14,18). The molecule has 0 spiro atoms. The molecule has 18 heavy (non-hydrogen) atoms. The van der Waals surface area contributed by atoms with Crippen molar-refractivity contribution in [1.82, 2.24) is 4.98 Å². The Hall–Kier alpha value is -1.20. The molecule has 100 valence electrons. The number of nitrogens with two attached hydrogens (primary N) is 1. The number of hydrogen-bond donors (Lipinski definition) is 2. The quantitative estimate of drug-likeness (QED) is 0.742. The fraction of sp³-hybridized carbons (Fsp3) is 0.538. The van der Waals surface area contributed by atoms with Gasteiger partial charge in [-0.1, -0.05) is 26.1 Å². The highest BCUT2D eigenvalue weighted by atomic mass is 32.1. The van der Waals surface area contributed by atoms with E-state index in [2.05, 4.69) is 24.1 Å². The summed E-state index contributed by atoms with van der Waals surface area (Å²) in [6.07, 6.45) is 2.68. The second kappa shape index (κ2) is 6.66. The first-order chi connectivity index (χ1) is 8.46. The maximum atomic E-state index is 5.64. The van der Waals surface area contributed by atoms with E-state index in [1.54, 1.807) is 13.3 Å². The number of nitrogens with zero attached hydrogens (tertiary/aromatic N) is 1. The van der Waals surface area contributed by atoms with E-state index in [4.69, 9.17) is 22.7 Å². The molecule has 0 aromatic carbocycles. The number of methoxy groups -OCH3 is 1. The Balaban J connectivity index is 2.65. The maximum Gasteiger partial charge on any atom is 0.124 e. The number of rotatable bonds is 7. The van der Waals surface area contributed by atoms with Gasteiger partial charge in [0.15, 0.2) is 0 Å². The van der Waals surface area contributed by atoms with Gasteiger partial charge in [-0.2, -0.15) is 0 Å². The highest BCUT2D eigenvalue weighted by Gasteiger charge is 2.18. The van der Waals surface area contributed by atoms with Crippen LogP contribution in [0.5, 0.6) is 0 Å². The van der Waals surface area contributed by atoms with E-state index in [-0.39, 0.29) is 5.41 Å². The van der Waals surface area contributed by atoms with Gasteiger partial charge in [0.25, 0.3) is 0 Å². The van der Waals surface area contributed by atoms with E-state index in [1.807, 2.05) is 12.1 Å². The van der Waals surface area contributed by atoms with E-state index in [0.717, 1.165) is 25.3 Å². The molecule has 0 aliphatic heterocycles. The van der Waals surface area contributed by atoms with Crippen molar-refractivity contribution in [1.29, 1.82) is 0 Å². The number of ether oxygens (including phenoxy) is 1. The molecule has 0 aliphatic carbocycles. The highest BCUT2D eigenvalue weighted by Crippen LogP contribution is 2.22. The molecule has 0 aliphatic rings. The first-order valence-corrected chi connectivity index (χ1v) is 6.35. The maximum absolute atomic E-state index is 5.64. The molecule has 0 radical (unpaired) electrons. The minimum atomic E-state index is 0.138. The lowest BCUT2D eigenvalue weighted by molar-refractivity contribution is 0.157. The molecule has 5 heteroatoms. The molecule has 3 N–H and O–H groups in total. The van der Waals surface area contributed by atoms with E-state index < -0.39 is 0 Å². The van der Waals surface area contributed by atoms with Crippen LogP contribution in [-0.2, 0) is 4.74 Å². The molecule has 4 nitrogen and oxygen atoms in total. The number of aromatic nitrogens is 1. The Morgan fingerprint density at radius 1 is 1.56 bits per heavy atom. The first-order valence-electron chi connectivity index (χ1n) is 5.94. The molecule has 0 saturated carbocycles. The topological polar surface area (TPSA) is 60.2 Å². The number of pyridine rings is 1. The van der Waals surface area contributed by atoms with Crippen molar-refractivity contribution < 1.29 is 4.74 Å². The Bertz CT molecular complexity index is 407. The molecule has 1 heterocycles. The zero-order valence-electron chi connectivity index (χ0n) is 11.2. The SMILES string of the molecule is COCCC(C)(C)CNc1cccnc1C(N)=S. The number of anilines is 1. The fourth-order valence-electron chi connectivity index (χ4n) is 1.55. The van der Waals surface area contributed by atoms with Crippen molar-refractivity contribution >= 4 is 22.9 Å². The number of hydrogen-bond acceptors (Lipinski definition) is 4. The molecule has 1 rings (SSSR count). The second-order valence-electron chi connectivity index (χ2n) is 5.02. The lowest BCUT2D eigenvalue weighted by Crippen LogP contribution is -2.26. The van der Waals surface area contributed by atoms with Crippen molar-refractivity contribution in [2.75, 3.05) is 25.6 Å². The molecule has 0 fully saturated rings. The Morgan fingerprint density at radius 2 is 2.28 bits per heavy atom. The third kappa shape index (κ3) is 4.58. The third-order valence-electron chi connectivity index (χ3n) is 2.78. The van der Waals surface area contributed by atoms with Crippen LogP contribution in [0.25, 0.3) is 0 Å². The van der Waals surface area contributed by atoms with Crippen molar-refractivity contribution in [2.45, 2.75) is 20.3 Å². The summed E-state index contributed by atoms with van der Waals surface area (Å²) in [6, 6.07) is 3.81. The summed E-state index contributed by atoms with van der Waals surface area (Å²) >= 11 is 4.98. The lowest BCUT2D eigenvalue weighted by atomic mass is 9.89. The summed E-state index contributed by atoms with van der Waals surface area (Å²) in [7, 11) is 1.72. The molecule has 1 aromatic rings. The van der Waals surface area contributed by atoms with Gasteiger partial charge in [-0.25, -0.2) is 0 Å². The smallest absolute Gasteiger partial charge is 0.124 e. The Labute approximate surface area is 114 Å². The number of thiocarbonyl (C=S) groups is 1. The van der Waals surface area contributed by atoms with Crippen LogP contribution in [0.2, 0.25) is 0 Å². The molecular weight excluding hydrogens is 246 g/mol. The highest BCUT2D eigenvalue weighted by molar-refractivity contribution is 7.80. The van der Waals surface area contributed by atoms with Gasteiger partial charge in [0.1, 0.15) is 10.7 Å². The molecule has 0 unspecified atom stereocenters. The predicted molar refractivity (Wildman–Crippen MR) is 78.9 cm³/mol. The fourth-order valence-corrected chi connectivity index (χ4v) is 1.71. The molecule has 0 amide bonds. The average molecular weight is 267 g/mol. The van der Waals surface area contributed by atoms with E-state index in [1.165, 1.54) is 0 Å². The third-order valence-corrected chi connectivity index (χ3v) is 2.97. The van der Waals surface area contributed by atoms with Crippen LogP contribution in [0.15, 0.2) is 18.3 Å². The molecule has 0 atom stereocenters. The van der Waals surface area contributed by atoms with Gasteiger partial charge >= 0.3 is 0 Å². The largest absolute Gasteiger partial charge is 0.388 e. The minimum Gasteiger partial charge on any atom is -0.388 e. The van der Waals surface area contributed by atoms with Crippen LogP contribution in [0.3, 0.4) is 0 Å². The van der Waals surface area contributed by atoms with Crippen LogP contribution >= 0.6 is 12.2 Å². The zero-order valence-corrected chi connectivity index (χ0v) is 12.0. The summed E-state index contributed by atoms with van der Waals surface area (Å²) in [5.41, 5.74) is 7.31. The van der Waals surface area contributed by atoms with E-state index >= 15 is 0 Å². The van der Waals surface area contributed by atoms with Gasteiger partial charge in [0, 0.05) is 26.5 Å².